The van der Waals surface area contributed by atoms with Crippen LogP contribution in [0.4, 0.5) is 22.0 Å². The van der Waals surface area contributed by atoms with Gasteiger partial charge in [0.05, 0.1) is 18.8 Å². The van der Waals surface area contributed by atoms with Crippen molar-refractivity contribution < 1.29 is 41.3 Å². The molecule has 2 aliphatic rings. The number of rotatable bonds is 9. The van der Waals surface area contributed by atoms with Crippen LogP contribution in [0.15, 0.2) is 72.8 Å². The number of carbonyl (C=O) groups excluding carboxylic acids is 1. The van der Waals surface area contributed by atoms with Crippen molar-refractivity contribution in [3.05, 3.63) is 130 Å². The van der Waals surface area contributed by atoms with Crippen molar-refractivity contribution in [2.75, 3.05) is 19.6 Å². The van der Waals surface area contributed by atoms with Crippen LogP contribution in [0.5, 0.6) is 0 Å². The molecule has 2 fully saturated rings. The van der Waals surface area contributed by atoms with Gasteiger partial charge in [-0.25, -0.2) is 22.0 Å². The van der Waals surface area contributed by atoms with Crippen molar-refractivity contribution in [2.24, 2.45) is 0 Å². The minimum absolute atomic E-state index is 0.0303. The van der Waals surface area contributed by atoms with E-state index in [4.69, 9.17) is 9.47 Å². The SMILES string of the molecule is O=C(NCc1cccc(-c2ccc([C@H]3O[C@@H](CN4CCCCCCC4)C[C@@H](c4ccc(CO)cc4)O3)cc2)c1)c1c(F)c(F)c(F)c(F)c1F. The molecule has 0 saturated carbocycles. The van der Waals surface area contributed by atoms with Gasteiger partial charge in [0.15, 0.2) is 29.6 Å². The average Bonchev–Trinajstić information content (AvgIpc) is 3.13. The molecule has 0 unspecified atom stereocenters. The standard InChI is InChI=1S/C39H39F5N2O4/c40-33-32(34(41)36(43)37(44)35(33)42)38(48)45-21-25-7-6-8-29(19-25)26-13-15-28(16-14-26)39-49-30(22-46-17-4-2-1-3-5-18-46)20-31(50-39)27-11-9-24(23-47)10-12-27/h6-16,19,30-31,39,47H,1-5,17-18,20-23H2,(H,45,48)/t30-,31+,39+/m1/s1. The molecule has 2 heterocycles. The van der Waals surface area contributed by atoms with Gasteiger partial charge in [-0.05, 0) is 59.8 Å². The monoisotopic (exact) mass is 694 g/mol. The lowest BCUT2D eigenvalue weighted by Gasteiger charge is -2.38. The molecule has 0 spiro atoms. The summed E-state index contributed by atoms with van der Waals surface area (Å²) in [7, 11) is 0. The zero-order chi connectivity index (χ0) is 35.2. The van der Waals surface area contributed by atoms with E-state index in [0.717, 1.165) is 47.5 Å². The first-order chi connectivity index (χ1) is 24.2. The van der Waals surface area contributed by atoms with E-state index >= 15 is 0 Å². The summed E-state index contributed by atoms with van der Waals surface area (Å²) in [6.45, 7) is 2.67. The summed E-state index contributed by atoms with van der Waals surface area (Å²) in [5, 5.41) is 11.8. The molecule has 50 heavy (non-hydrogen) atoms. The number of aliphatic hydroxyl groups excluding tert-OH is 1. The predicted molar refractivity (Wildman–Crippen MR) is 177 cm³/mol. The number of nitrogens with zero attached hydrogens (tertiary/aromatic N) is 1. The Hall–Kier alpha value is -4.16. The molecule has 6 rings (SSSR count). The van der Waals surface area contributed by atoms with Crippen LogP contribution in [0, 0.1) is 29.1 Å². The number of aliphatic hydroxyl groups is 1. The molecular formula is C39H39F5N2O4. The van der Waals surface area contributed by atoms with Crippen LogP contribution < -0.4 is 5.32 Å². The topological polar surface area (TPSA) is 71.0 Å². The predicted octanol–water partition coefficient (Wildman–Crippen LogP) is 8.28. The molecule has 1 amide bonds. The van der Waals surface area contributed by atoms with Crippen LogP contribution in [0.1, 0.15) is 83.5 Å². The normalized spacial score (nSPS) is 20.2. The maximum Gasteiger partial charge on any atom is 0.257 e. The smallest absolute Gasteiger partial charge is 0.257 e. The number of halogens is 5. The van der Waals surface area contributed by atoms with E-state index < -0.39 is 46.8 Å². The fourth-order valence-corrected chi connectivity index (χ4v) is 6.59. The quantitative estimate of drug-likeness (QED) is 0.105. The Bertz CT molecular complexity index is 1750. The second-order valence-corrected chi connectivity index (χ2v) is 12.9. The van der Waals surface area contributed by atoms with Gasteiger partial charge < -0.3 is 24.8 Å². The highest BCUT2D eigenvalue weighted by Crippen LogP contribution is 2.39. The molecule has 0 aliphatic carbocycles. The lowest BCUT2D eigenvalue weighted by molar-refractivity contribution is -0.253. The van der Waals surface area contributed by atoms with Gasteiger partial charge in [-0.15, -0.1) is 0 Å². The van der Waals surface area contributed by atoms with Gasteiger partial charge in [0.1, 0.15) is 5.56 Å². The highest BCUT2D eigenvalue weighted by Gasteiger charge is 2.33. The third-order valence-electron chi connectivity index (χ3n) is 9.36. The average molecular weight is 695 g/mol. The zero-order valence-corrected chi connectivity index (χ0v) is 27.4. The minimum atomic E-state index is -2.33. The number of nitrogens with one attached hydrogen (secondary N) is 1. The van der Waals surface area contributed by atoms with Crippen molar-refractivity contribution in [3.8, 4) is 11.1 Å². The van der Waals surface area contributed by atoms with Crippen molar-refractivity contribution in [3.63, 3.8) is 0 Å². The van der Waals surface area contributed by atoms with Gasteiger partial charge in [0, 0.05) is 25.1 Å². The molecule has 0 bridgehead atoms. The first-order valence-corrected chi connectivity index (χ1v) is 16.9. The van der Waals surface area contributed by atoms with Crippen molar-refractivity contribution >= 4 is 5.91 Å². The van der Waals surface area contributed by atoms with Gasteiger partial charge in [-0.3, -0.25) is 4.79 Å². The van der Waals surface area contributed by atoms with Gasteiger partial charge >= 0.3 is 0 Å². The largest absolute Gasteiger partial charge is 0.392 e. The molecule has 11 heteroatoms. The van der Waals surface area contributed by atoms with Crippen molar-refractivity contribution in [1.82, 2.24) is 10.2 Å². The summed E-state index contributed by atoms with van der Waals surface area (Å²) < 4.78 is 81.9. The molecule has 3 atom stereocenters. The first-order valence-electron chi connectivity index (χ1n) is 16.9. The Balaban J connectivity index is 1.16. The summed E-state index contributed by atoms with van der Waals surface area (Å²) in [5.41, 5.74) is 3.33. The van der Waals surface area contributed by atoms with E-state index in [9.17, 15) is 31.9 Å². The summed E-state index contributed by atoms with van der Waals surface area (Å²) in [5.74, 6) is -12.5. The molecule has 2 N–H and O–H groups in total. The molecule has 264 valence electrons. The summed E-state index contributed by atoms with van der Waals surface area (Å²) >= 11 is 0. The van der Waals surface area contributed by atoms with E-state index in [2.05, 4.69) is 10.2 Å². The number of ether oxygens (including phenoxy) is 2. The van der Waals surface area contributed by atoms with E-state index in [0.29, 0.717) is 12.0 Å². The lowest BCUT2D eigenvalue weighted by Crippen LogP contribution is -2.40. The first kappa shape index (κ1) is 35.7. The second-order valence-electron chi connectivity index (χ2n) is 12.9. The number of likely N-dealkylation sites (tertiary alicyclic amines) is 1. The molecule has 2 saturated heterocycles. The molecule has 4 aromatic carbocycles. The summed E-state index contributed by atoms with van der Waals surface area (Å²) in [4.78, 5) is 14.9. The van der Waals surface area contributed by atoms with E-state index in [1.165, 1.54) is 32.1 Å². The van der Waals surface area contributed by atoms with Crippen LogP contribution in [0.2, 0.25) is 0 Å². The minimum Gasteiger partial charge on any atom is -0.392 e. The number of amides is 1. The molecule has 6 nitrogen and oxygen atoms in total. The van der Waals surface area contributed by atoms with Crippen LogP contribution in [-0.4, -0.2) is 41.7 Å². The number of hydrogen-bond acceptors (Lipinski definition) is 5. The van der Waals surface area contributed by atoms with Gasteiger partial charge in [0.2, 0.25) is 5.82 Å². The van der Waals surface area contributed by atoms with Gasteiger partial charge in [-0.1, -0.05) is 86.0 Å². The third kappa shape index (κ3) is 8.24. The maximum absolute atomic E-state index is 14.1. The van der Waals surface area contributed by atoms with E-state index in [1.54, 1.807) is 18.2 Å². The van der Waals surface area contributed by atoms with E-state index in [1.807, 2.05) is 54.6 Å². The second kappa shape index (κ2) is 16.2. The molecular weight excluding hydrogens is 655 g/mol. The van der Waals surface area contributed by atoms with Crippen LogP contribution in [-0.2, 0) is 22.6 Å². The van der Waals surface area contributed by atoms with Crippen LogP contribution in [0.25, 0.3) is 11.1 Å². The van der Waals surface area contributed by atoms with Crippen molar-refractivity contribution in [2.45, 2.75) is 70.2 Å². The number of benzene rings is 4. The Kier molecular flexibility index (Phi) is 11.6. The Morgan fingerprint density at radius 1 is 0.720 bits per heavy atom. The lowest BCUT2D eigenvalue weighted by atomic mass is 9.98. The van der Waals surface area contributed by atoms with Crippen molar-refractivity contribution in [1.29, 1.82) is 0 Å². The highest BCUT2D eigenvalue weighted by atomic mass is 19.2. The fourth-order valence-electron chi connectivity index (χ4n) is 6.59. The van der Waals surface area contributed by atoms with E-state index in [-0.39, 0.29) is 25.4 Å². The third-order valence-corrected chi connectivity index (χ3v) is 9.36. The Morgan fingerprint density at radius 3 is 2.00 bits per heavy atom. The molecule has 2 aliphatic heterocycles. The maximum atomic E-state index is 14.1. The Morgan fingerprint density at radius 2 is 1.34 bits per heavy atom. The summed E-state index contributed by atoms with van der Waals surface area (Å²) in [6, 6.07) is 22.5. The summed E-state index contributed by atoms with van der Waals surface area (Å²) in [6.07, 6.45) is 5.99. The zero-order valence-electron chi connectivity index (χ0n) is 27.4. The number of hydrogen-bond donors (Lipinski definition) is 2. The Labute approximate surface area is 287 Å². The fraction of sp³-hybridized carbons (Fsp3) is 0.359. The highest BCUT2D eigenvalue weighted by molar-refractivity contribution is 5.94. The number of carbonyl (C=O) groups is 1. The molecule has 0 radical (unpaired) electrons. The van der Waals surface area contributed by atoms with Gasteiger partial charge in [-0.2, -0.15) is 0 Å². The van der Waals surface area contributed by atoms with Crippen LogP contribution in [0.3, 0.4) is 0 Å². The van der Waals surface area contributed by atoms with Gasteiger partial charge in [0.25, 0.3) is 5.91 Å². The molecule has 0 aromatic heterocycles. The molecule has 4 aromatic rings. The van der Waals surface area contributed by atoms with Crippen LogP contribution >= 0.6 is 0 Å².